The van der Waals surface area contributed by atoms with Gasteiger partial charge < -0.3 is 10.5 Å². The maximum Gasteiger partial charge on any atom is 0.0672 e. The van der Waals surface area contributed by atoms with E-state index in [0.717, 1.165) is 44.5 Å². The molecular weight excluding hydrogens is 226 g/mol. The third kappa shape index (κ3) is 3.56. The Bertz CT molecular complexity index is 358. The molecule has 0 aromatic carbocycles. The van der Waals surface area contributed by atoms with Crippen molar-refractivity contribution in [1.82, 2.24) is 9.78 Å². The van der Waals surface area contributed by atoms with Gasteiger partial charge in [-0.05, 0) is 32.6 Å². The number of hydrogen-bond acceptors (Lipinski definition) is 3. The molecule has 4 nitrogen and oxygen atoms in total. The van der Waals surface area contributed by atoms with Crippen LogP contribution in [0.5, 0.6) is 0 Å². The van der Waals surface area contributed by atoms with Crippen molar-refractivity contribution in [2.24, 2.45) is 5.73 Å². The minimum atomic E-state index is 0.0719. The fraction of sp³-hybridized carbons (Fsp3) is 0.786. The number of nitrogens with zero attached hydrogens (tertiary/aromatic N) is 2. The number of ether oxygens (including phenoxy) is 1. The van der Waals surface area contributed by atoms with E-state index in [1.165, 1.54) is 11.3 Å². The van der Waals surface area contributed by atoms with Crippen LogP contribution in [0.25, 0.3) is 0 Å². The van der Waals surface area contributed by atoms with Crippen molar-refractivity contribution in [3.63, 3.8) is 0 Å². The van der Waals surface area contributed by atoms with Crippen LogP contribution in [0.1, 0.15) is 56.6 Å². The summed E-state index contributed by atoms with van der Waals surface area (Å²) in [5, 5.41) is 4.71. The number of hydrogen-bond donors (Lipinski definition) is 1. The summed E-state index contributed by atoms with van der Waals surface area (Å²) in [4.78, 5) is 0. The van der Waals surface area contributed by atoms with Gasteiger partial charge in [-0.1, -0.05) is 13.8 Å². The highest BCUT2D eigenvalue weighted by molar-refractivity contribution is 5.29. The monoisotopic (exact) mass is 253 g/mol. The second-order valence-electron chi connectivity index (χ2n) is 4.73. The average molecular weight is 253 g/mol. The summed E-state index contributed by atoms with van der Waals surface area (Å²) in [6.45, 7) is 8.15. The minimum Gasteiger partial charge on any atom is -0.385 e. The highest BCUT2D eigenvalue weighted by Crippen LogP contribution is 2.22. The van der Waals surface area contributed by atoms with Crippen molar-refractivity contribution in [1.29, 1.82) is 0 Å². The Balaban J connectivity index is 2.83. The van der Waals surface area contributed by atoms with Gasteiger partial charge in [-0.3, -0.25) is 4.68 Å². The largest absolute Gasteiger partial charge is 0.385 e. The lowest BCUT2D eigenvalue weighted by Crippen LogP contribution is -2.11. The van der Waals surface area contributed by atoms with Crippen LogP contribution >= 0.6 is 0 Å². The molecule has 1 atom stereocenters. The molecule has 4 heteroatoms. The molecule has 1 aromatic rings. The van der Waals surface area contributed by atoms with Gasteiger partial charge in [0.2, 0.25) is 0 Å². The van der Waals surface area contributed by atoms with Gasteiger partial charge in [-0.15, -0.1) is 0 Å². The van der Waals surface area contributed by atoms with Gasteiger partial charge in [0.15, 0.2) is 0 Å². The van der Waals surface area contributed by atoms with E-state index in [0.29, 0.717) is 0 Å². The second-order valence-corrected chi connectivity index (χ2v) is 4.73. The number of unbranched alkanes of at least 4 members (excludes halogenated alkanes) is 1. The van der Waals surface area contributed by atoms with E-state index in [2.05, 4.69) is 18.5 Å². The molecule has 0 spiro atoms. The van der Waals surface area contributed by atoms with Gasteiger partial charge in [0.25, 0.3) is 0 Å². The molecule has 0 radical (unpaired) electrons. The predicted octanol–water partition coefficient (Wildman–Crippen LogP) is 2.45. The first kappa shape index (κ1) is 15.2. The summed E-state index contributed by atoms with van der Waals surface area (Å²) in [6, 6.07) is 0.0719. The molecule has 1 aromatic heterocycles. The smallest absolute Gasteiger partial charge is 0.0672 e. The lowest BCUT2D eigenvalue weighted by atomic mass is 10.0. The quantitative estimate of drug-likeness (QED) is 0.724. The van der Waals surface area contributed by atoms with E-state index in [9.17, 15) is 0 Å². The summed E-state index contributed by atoms with van der Waals surface area (Å²) in [5.74, 6) is 0. The van der Waals surface area contributed by atoms with Gasteiger partial charge in [-0.2, -0.15) is 5.10 Å². The molecule has 104 valence electrons. The highest BCUT2D eigenvalue weighted by atomic mass is 16.5. The first-order valence-electron chi connectivity index (χ1n) is 6.98. The zero-order chi connectivity index (χ0) is 13.5. The fourth-order valence-corrected chi connectivity index (χ4v) is 2.42. The van der Waals surface area contributed by atoms with Crippen LogP contribution < -0.4 is 5.73 Å². The molecule has 0 bridgehead atoms. The van der Waals surface area contributed by atoms with Crippen molar-refractivity contribution in [3.05, 3.63) is 17.0 Å². The summed E-state index contributed by atoms with van der Waals surface area (Å²) in [6.07, 6.45) is 4.13. The Labute approximate surface area is 111 Å². The molecule has 0 aliphatic rings. The third-order valence-electron chi connectivity index (χ3n) is 3.27. The van der Waals surface area contributed by atoms with Gasteiger partial charge in [0, 0.05) is 37.6 Å². The van der Waals surface area contributed by atoms with E-state index in [4.69, 9.17) is 15.6 Å². The van der Waals surface area contributed by atoms with E-state index >= 15 is 0 Å². The lowest BCUT2D eigenvalue weighted by molar-refractivity contribution is 0.191. The number of nitrogens with two attached hydrogens (primary N) is 1. The summed E-state index contributed by atoms with van der Waals surface area (Å²) in [5.41, 5.74) is 9.80. The number of aromatic nitrogens is 2. The van der Waals surface area contributed by atoms with E-state index in [1.807, 2.05) is 6.92 Å². The van der Waals surface area contributed by atoms with Crippen molar-refractivity contribution in [2.45, 2.75) is 59.0 Å². The number of rotatable bonds is 8. The van der Waals surface area contributed by atoms with Crippen LogP contribution in [0.4, 0.5) is 0 Å². The van der Waals surface area contributed by atoms with Crippen LogP contribution in [0.15, 0.2) is 0 Å². The Morgan fingerprint density at radius 1 is 1.28 bits per heavy atom. The fourth-order valence-electron chi connectivity index (χ4n) is 2.42. The summed E-state index contributed by atoms with van der Waals surface area (Å²) >= 11 is 0. The van der Waals surface area contributed by atoms with E-state index < -0.39 is 0 Å². The minimum absolute atomic E-state index is 0.0719. The van der Waals surface area contributed by atoms with Gasteiger partial charge in [0.05, 0.1) is 5.69 Å². The maximum absolute atomic E-state index is 6.08. The van der Waals surface area contributed by atoms with Gasteiger partial charge in [0.1, 0.15) is 0 Å². The first-order chi connectivity index (χ1) is 8.65. The molecule has 0 saturated heterocycles. The average Bonchev–Trinajstić information content (AvgIpc) is 2.72. The van der Waals surface area contributed by atoms with Crippen LogP contribution in [0.3, 0.4) is 0 Å². The molecule has 0 fully saturated rings. The second kappa shape index (κ2) is 7.54. The number of aryl methyl sites for hydroxylation is 2. The third-order valence-corrected chi connectivity index (χ3v) is 3.27. The Morgan fingerprint density at radius 2 is 2.00 bits per heavy atom. The molecule has 0 amide bonds. The van der Waals surface area contributed by atoms with Crippen molar-refractivity contribution < 1.29 is 4.74 Å². The summed E-state index contributed by atoms with van der Waals surface area (Å²) in [7, 11) is 1.74. The Hall–Kier alpha value is -0.870. The van der Waals surface area contributed by atoms with Crippen molar-refractivity contribution >= 4 is 0 Å². The van der Waals surface area contributed by atoms with Gasteiger partial charge >= 0.3 is 0 Å². The molecule has 0 aliphatic carbocycles. The molecule has 18 heavy (non-hydrogen) atoms. The van der Waals surface area contributed by atoms with Crippen molar-refractivity contribution in [2.75, 3.05) is 13.7 Å². The van der Waals surface area contributed by atoms with Crippen molar-refractivity contribution in [3.8, 4) is 0 Å². The van der Waals surface area contributed by atoms with E-state index in [1.54, 1.807) is 7.11 Å². The van der Waals surface area contributed by atoms with Crippen LogP contribution in [0, 0.1) is 0 Å². The summed E-state index contributed by atoms with van der Waals surface area (Å²) < 4.78 is 7.22. The molecule has 2 N–H and O–H groups in total. The molecule has 0 saturated carbocycles. The molecular formula is C14H27N3O. The molecule has 0 aliphatic heterocycles. The van der Waals surface area contributed by atoms with Crippen LogP contribution in [-0.4, -0.2) is 23.5 Å². The molecule has 1 heterocycles. The zero-order valence-corrected chi connectivity index (χ0v) is 12.2. The topological polar surface area (TPSA) is 53.1 Å². The van der Waals surface area contributed by atoms with Crippen LogP contribution in [0.2, 0.25) is 0 Å². The number of methoxy groups -OCH3 is 1. The maximum atomic E-state index is 6.08. The first-order valence-corrected chi connectivity index (χ1v) is 6.98. The Kier molecular flexibility index (Phi) is 6.36. The lowest BCUT2D eigenvalue weighted by Gasteiger charge is -2.10. The standard InChI is InChI=1S/C14H27N3O/c1-5-12-14(11(3)15)13(6-2)17(16-12)9-7-8-10-18-4/h11H,5-10,15H2,1-4H3. The zero-order valence-electron chi connectivity index (χ0n) is 12.2. The van der Waals surface area contributed by atoms with Gasteiger partial charge in [-0.25, -0.2) is 0 Å². The molecule has 1 unspecified atom stereocenters. The highest BCUT2D eigenvalue weighted by Gasteiger charge is 2.17. The normalized spacial score (nSPS) is 12.9. The predicted molar refractivity (Wildman–Crippen MR) is 74.7 cm³/mol. The Morgan fingerprint density at radius 3 is 2.50 bits per heavy atom. The van der Waals surface area contributed by atoms with Crippen LogP contribution in [-0.2, 0) is 24.1 Å². The van der Waals surface area contributed by atoms with E-state index in [-0.39, 0.29) is 6.04 Å². The molecule has 1 rings (SSSR count). The SMILES string of the molecule is CCc1nn(CCCCOC)c(CC)c1C(C)N.